The summed E-state index contributed by atoms with van der Waals surface area (Å²) in [5.74, 6) is 0. The number of nitrogens with zero attached hydrogens (tertiary/aromatic N) is 3. The monoisotopic (exact) mass is 265 g/mol. The fraction of sp³-hybridized carbons (Fsp3) is 0. The summed E-state index contributed by atoms with van der Waals surface area (Å²) in [6.07, 6.45) is 3.20. The quantitative estimate of drug-likeness (QED) is 0.746. The standard InChI is InChI=1S/C9H4BrN3S/c10-9-7(4-12-5-13-9)8-2-1-6(3-11)14-8/h1-2,4-5H. The topological polar surface area (TPSA) is 49.6 Å². The third-order valence-electron chi connectivity index (χ3n) is 1.65. The van der Waals surface area contributed by atoms with Crippen molar-refractivity contribution in [3.63, 3.8) is 0 Å². The third-order valence-corrected chi connectivity index (χ3v) is 3.30. The zero-order valence-electron chi connectivity index (χ0n) is 6.94. The number of rotatable bonds is 1. The van der Waals surface area contributed by atoms with Gasteiger partial charge in [-0.2, -0.15) is 5.26 Å². The maximum Gasteiger partial charge on any atom is 0.118 e. The van der Waals surface area contributed by atoms with E-state index < -0.39 is 0 Å². The number of hydrogen-bond donors (Lipinski definition) is 0. The van der Waals surface area contributed by atoms with Crippen molar-refractivity contribution in [2.75, 3.05) is 0 Å². The summed E-state index contributed by atoms with van der Waals surface area (Å²) in [6, 6.07) is 5.79. The third kappa shape index (κ3) is 1.67. The molecule has 2 heterocycles. The highest BCUT2D eigenvalue weighted by molar-refractivity contribution is 9.10. The molecule has 0 saturated heterocycles. The molecule has 0 radical (unpaired) electrons. The van der Waals surface area contributed by atoms with Gasteiger partial charge in [0.05, 0.1) is 0 Å². The van der Waals surface area contributed by atoms with Crippen molar-refractivity contribution < 1.29 is 0 Å². The summed E-state index contributed by atoms with van der Waals surface area (Å²) in [4.78, 5) is 9.64. The minimum Gasteiger partial charge on any atom is -0.244 e. The Morgan fingerprint density at radius 1 is 1.43 bits per heavy atom. The van der Waals surface area contributed by atoms with Crippen LogP contribution in [0, 0.1) is 11.3 Å². The Balaban J connectivity index is 2.51. The molecular formula is C9H4BrN3S. The Bertz CT molecular complexity index is 501. The first-order valence-corrected chi connectivity index (χ1v) is 5.38. The van der Waals surface area contributed by atoms with Crippen LogP contribution in [0.25, 0.3) is 10.4 Å². The molecule has 0 aliphatic rings. The molecule has 5 heteroatoms. The number of halogens is 1. The molecule has 14 heavy (non-hydrogen) atoms. The van der Waals surface area contributed by atoms with Gasteiger partial charge in [-0.3, -0.25) is 0 Å². The van der Waals surface area contributed by atoms with E-state index in [1.54, 1.807) is 12.3 Å². The van der Waals surface area contributed by atoms with E-state index in [1.165, 1.54) is 17.7 Å². The van der Waals surface area contributed by atoms with Gasteiger partial charge in [-0.15, -0.1) is 11.3 Å². The van der Waals surface area contributed by atoms with Gasteiger partial charge in [-0.1, -0.05) is 0 Å². The molecule has 0 aliphatic heterocycles. The molecule has 0 spiro atoms. The Hall–Kier alpha value is -1.25. The predicted octanol–water partition coefficient (Wildman–Crippen LogP) is 2.84. The molecule has 68 valence electrons. The van der Waals surface area contributed by atoms with Crippen LogP contribution < -0.4 is 0 Å². The number of nitriles is 1. The van der Waals surface area contributed by atoms with E-state index in [-0.39, 0.29) is 0 Å². The van der Waals surface area contributed by atoms with Crippen molar-refractivity contribution in [3.8, 4) is 16.5 Å². The second-order valence-electron chi connectivity index (χ2n) is 2.50. The van der Waals surface area contributed by atoms with E-state index in [4.69, 9.17) is 5.26 Å². The minimum absolute atomic E-state index is 0.691. The average Bonchev–Trinajstić information content (AvgIpc) is 2.67. The van der Waals surface area contributed by atoms with Crippen LogP contribution in [0.1, 0.15) is 4.88 Å². The first-order valence-electron chi connectivity index (χ1n) is 3.77. The van der Waals surface area contributed by atoms with Gasteiger partial charge in [0.2, 0.25) is 0 Å². The molecule has 0 bridgehead atoms. The highest BCUT2D eigenvalue weighted by Gasteiger charge is 2.06. The van der Waals surface area contributed by atoms with Gasteiger partial charge in [-0.05, 0) is 28.1 Å². The van der Waals surface area contributed by atoms with Gasteiger partial charge in [0.25, 0.3) is 0 Å². The van der Waals surface area contributed by atoms with Gasteiger partial charge in [0.1, 0.15) is 21.9 Å². The van der Waals surface area contributed by atoms with E-state index in [2.05, 4.69) is 32.0 Å². The van der Waals surface area contributed by atoms with Gasteiger partial charge < -0.3 is 0 Å². The highest BCUT2D eigenvalue weighted by atomic mass is 79.9. The van der Waals surface area contributed by atoms with Crippen molar-refractivity contribution in [2.45, 2.75) is 0 Å². The molecule has 0 atom stereocenters. The number of hydrogen-bond acceptors (Lipinski definition) is 4. The summed E-state index contributed by atoms with van der Waals surface area (Å²) >= 11 is 4.77. The largest absolute Gasteiger partial charge is 0.244 e. The first kappa shape index (κ1) is 9.31. The molecule has 2 rings (SSSR count). The lowest BCUT2D eigenvalue weighted by Gasteiger charge is -1.97. The molecule has 0 amide bonds. The second-order valence-corrected chi connectivity index (χ2v) is 4.34. The molecule has 2 aromatic rings. The SMILES string of the molecule is N#Cc1ccc(-c2cncnc2Br)s1. The smallest absolute Gasteiger partial charge is 0.118 e. The van der Waals surface area contributed by atoms with Crippen molar-refractivity contribution >= 4 is 27.3 Å². The van der Waals surface area contributed by atoms with E-state index in [1.807, 2.05) is 6.07 Å². The predicted molar refractivity (Wildman–Crippen MR) is 57.8 cm³/mol. The number of thiophene rings is 1. The van der Waals surface area contributed by atoms with Gasteiger partial charge in [-0.25, -0.2) is 9.97 Å². The van der Waals surface area contributed by atoms with Gasteiger partial charge in [0, 0.05) is 16.6 Å². The molecule has 3 nitrogen and oxygen atoms in total. The summed E-state index contributed by atoms with van der Waals surface area (Å²) in [5.41, 5.74) is 0.916. The van der Waals surface area contributed by atoms with Crippen molar-refractivity contribution in [1.82, 2.24) is 9.97 Å². The lowest BCUT2D eigenvalue weighted by atomic mass is 10.3. The first-order chi connectivity index (χ1) is 6.81. The second kappa shape index (κ2) is 3.86. The lowest BCUT2D eigenvalue weighted by Crippen LogP contribution is -1.82. The van der Waals surface area contributed by atoms with Crippen LogP contribution in [-0.4, -0.2) is 9.97 Å². The molecule has 0 aromatic carbocycles. The van der Waals surface area contributed by atoms with Crippen LogP contribution in [0.2, 0.25) is 0 Å². The highest BCUT2D eigenvalue weighted by Crippen LogP contribution is 2.31. The van der Waals surface area contributed by atoms with Crippen LogP contribution in [0.15, 0.2) is 29.3 Å². The summed E-state index contributed by atoms with van der Waals surface area (Å²) in [5, 5.41) is 8.68. The molecule has 0 saturated carbocycles. The fourth-order valence-electron chi connectivity index (χ4n) is 1.02. The maximum absolute atomic E-state index is 8.68. The van der Waals surface area contributed by atoms with Crippen LogP contribution >= 0.6 is 27.3 Å². The molecule has 2 aromatic heterocycles. The maximum atomic E-state index is 8.68. The van der Waals surface area contributed by atoms with Crippen molar-refractivity contribution in [3.05, 3.63) is 34.1 Å². The lowest BCUT2D eigenvalue weighted by molar-refractivity contribution is 1.14. The Morgan fingerprint density at radius 3 is 2.93 bits per heavy atom. The zero-order valence-corrected chi connectivity index (χ0v) is 9.34. The fourth-order valence-corrected chi connectivity index (χ4v) is 2.38. The molecule has 0 aliphatic carbocycles. The van der Waals surface area contributed by atoms with Crippen LogP contribution in [0.3, 0.4) is 0 Å². The summed E-state index contributed by atoms with van der Waals surface area (Å²) in [6.45, 7) is 0. The minimum atomic E-state index is 0.691. The van der Waals surface area contributed by atoms with E-state index in [9.17, 15) is 0 Å². The van der Waals surface area contributed by atoms with Gasteiger partial charge in [0.15, 0.2) is 0 Å². The van der Waals surface area contributed by atoms with E-state index >= 15 is 0 Å². The normalized spacial score (nSPS) is 9.71. The number of aromatic nitrogens is 2. The molecule has 0 N–H and O–H groups in total. The van der Waals surface area contributed by atoms with E-state index in [0.29, 0.717) is 4.88 Å². The Labute approximate surface area is 93.2 Å². The molecule has 0 fully saturated rings. The Kier molecular flexibility index (Phi) is 2.57. The summed E-state index contributed by atoms with van der Waals surface area (Å²) < 4.78 is 0.749. The van der Waals surface area contributed by atoms with Crippen LogP contribution in [0.4, 0.5) is 0 Å². The van der Waals surface area contributed by atoms with E-state index in [0.717, 1.165) is 15.0 Å². The van der Waals surface area contributed by atoms with Crippen LogP contribution in [-0.2, 0) is 0 Å². The average molecular weight is 266 g/mol. The Morgan fingerprint density at radius 2 is 2.29 bits per heavy atom. The zero-order chi connectivity index (χ0) is 9.97. The van der Waals surface area contributed by atoms with Crippen LogP contribution in [0.5, 0.6) is 0 Å². The molecule has 0 unspecified atom stereocenters. The van der Waals surface area contributed by atoms with Gasteiger partial charge >= 0.3 is 0 Å². The summed E-state index contributed by atoms with van der Waals surface area (Å²) in [7, 11) is 0. The molecular weight excluding hydrogens is 262 g/mol. The van der Waals surface area contributed by atoms with Crippen molar-refractivity contribution in [2.24, 2.45) is 0 Å². The van der Waals surface area contributed by atoms with Crippen molar-refractivity contribution in [1.29, 1.82) is 5.26 Å².